The van der Waals surface area contributed by atoms with Crippen molar-refractivity contribution in [1.82, 2.24) is 9.88 Å². The molecule has 41 heavy (non-hydrogen) atoms. The number of carbonyl (C=O) groups excluding carboxylic acids is 2. The Morgan fingerprint density at radius 2 is 1.49 bits per heavy atom. The molecule has 1 atom stereocenters. The number of carbonyl (C=O) groups is 2. The van der Waals surface area contributed by atoms with Crippen molar-refractivity contribution >= 4 is 28.9 Å². The molecule has 3 heterocycles. The van der Waals surface area contributed by atoms with Gasteiger partial charge in [0.25, 0.3) is 0 Å². The lowest BCUT2D eigenvalue weighted by molar-refractivity contribution is -0.140. The molecule has 0 saturated heterocycles. The highest BCUT2D eigenvalue weighted by atomic mass is 16.5. The van der Waals surface area contributed by atoms with E-state index in [2.05, 4.69) is 41.4 Å². The summed E-state index contributed by atoms with van der Waals surface area (Å²) in [6, 6.07) is 25.8. The fourth-order valence-corrected chi connectivity index (χ4v) is 6.67. The number of allylic oxidation sites excluding steroid dienone is 3. The summed E-state index contributed by atoms with van der Waals surface area (Å²) >= 11 is 0. The summed E-state index contributed by atoms with van der Waals surface area (Å²) in [6.45, 7) is 0. The van der Waals surface area contributed by atoms with Gasteiger partial charge in [-0.2, -0.15) is 0 Å². The van der Waals surface area contributed by atoms with E-state index in [1.807, 2.05) is 84.0 Å². The average Bonchev–Trinajstić information content (AvgIpc) is 3.50. The van der Waals surface area contributed by atoms with Crippen LogP contribution in [0.3, 0.4) is 0 Å². The molecule has 3 aromatic carbocycles. The lowest BCUT2D eigenvalue weighted by atomic mass is 9.67. The van der Waals surface area contributed by atoms with Gasteiger partial charge in [-0.3, -0.25) is 4.98 Å². The van der Waals surface area contributed by atoms with Crippen molar-refractivity contribution < 1.29 is 19.1 Å². The van der Waals surface area contributed by atoms with Crippen LogP contribution in [-0.2, 0) is 24.5 Å². The summed E-state index contributed by atoms with van der Waals surface area (Å²) < 4.78 is 10.6. The molecule has 1 aliphatic carbocycles. The van der Waals surface area contributed by atoms with Crippen LogP contribution in [0, 0.1) is 0 Å². The first-order chi connectivity index (χ1) is 20.1. The van der Waals surface area contributed by atoms with Crippen molar-refractivity contribution in [1.29, 1.82) is 0 Å². The van der Waals surface area contributed by atoms with E-state index in [1.54, 1.807) is 0 Å². The van der Waals surface area contributed by atoms with Crippen molar-refractivity contribution in [3.63, 3.8) is 0 Å². The van der Waals surface area contributed by atoms with Crippen LogP contribution in [0.5, 0.6) is 0 Å². The highest BCUT2D eigenvalue weighted by Crippen LogP contribution is 2.60. The monoisotopic (exact) mass is 538 g/mol. The Morgan fingerprint density at radius 1 is 0.829 bits per heavy atom. The maximum atomic E-state index is 13.7. The van der Waals surface area contributed by atoms with Gasteiger partial charge in [0.05, 0.1) is 36.8 Å². The number of fused-ring (bicyclic) bond motifs is 8. The molecule has 200 valence electrons. The van der Waals surface area contributed by atoms with E-state index in [9.17, 15) is 9.59 Å². The van der Waals surface area contributed by atoms with E-state index in [1.165, 1.54) is 14.2 Å². The highest BCUT2D eigenvalue weighted by Gasteiger charge is 2.62. The second kappa shape index (κ2) is 9.45. The Hall–Kier alpha value is -5.23. The number of aromatic nitrogens is 1. The molecule has 6 heteroatoms. The molecule has 4 aromatic rings. The number of benzene rings is 3. The number of hydrogen-bond donors (Lipinski definition) is 0. The fraction of sp³-hybridized carbons (Fsp3) is 0.114. The molecule has 0 fully saturated rings. The van der Waals surface area contributed by atoms with Crippen LogP contribution in [0.2, 0.25) is 0 Å². The minimum atomic E-state index is -0.989. The first-order valence-corrected chi connectivity index (χ1v) is 13.4. The minimum Gasteiger partial charge on any atom is -0.466 e. The van der Waals surface area contributed by atoms with Crippen LogP contribution in [0.15, 0.2) is 126 Å². The second-order valence-electron chi connectivity index (χ2n) is 10.2. The average molecular weight is 539 g/mol. The molecule has 0 radical (unpaired) electrons. The van der Waals surface area contributed by atoms with Crippen molar-refractivity contribution in [3.8, 4) is 11.1 Å². The summed E-state index contributed by atoms with van der Waals surface area (Å²) in [5, 5.41) is 1.06. The van der Waals surface area contributed by atoms with Gasteiger partial charge in [0.15, 0.2) is 0 Å². The summed E-state index contributed by atoms with van der Waals surface area (Å²) in [5.74, 6) is -1.15. The lowest BCUT2D eigenvalue weighted by Gasteiger charge is -2.38. The number of ether oxygens (including phenoxy) is 2. The summed E-state index contributed by atoms with van der Waals surface area (Å²) in [4.78, 5) is 33.4. The molecule has 0 amide bonds. The van der Waals surface area contributed by atoms with Crippen LogP contribution in [-0.4, -0.2) is 42.1 Å². The van der Waals surface area contributed by atoms with Crippen LogP contribution in [0.25, 0.3) is 28.1 Å². The van der Waals surface area contributed by atoms with E-state index >= 15 is 0 Å². The molecular formula is C35H26N2O4. The number of para-hydroxylation sites is 1. The predicted octanol–water partition coefficient (Wildman–Crippen LogP) is 5.95. The Morgan fingerprint density at radius 3 is 2.20 bits per heavy atom. The Kier molecular flexibility index (Phi) is 5.71. The van der Waals surface area contributed by atoms with Crippen LogP contribution in [0.1, 0.15) is 16.7 Å². The maximum Gasteiger partial charge on any atom is 0.355 e. The molecule has 3 aliphatic rings. The van der Waals surface area contributed by atoms with E-state index < -0.39 is 23.4 Å². The van der Waals surface area contributed by atoms with E-state index in [0.29, 0.717) is 0 Å². The quantitative estimate of drug-likeness (QED) is 0.299. The standard InChI is InChI=1S/C35H26N2O4/c1-40-33(38)31-32(34(39)41-2)37-20-18-22(15-16-23-17-19-36-29-14-8-5-9-24(23)29)21-30(37)35(31)27-12-6-3-10-25(27)26-11-4-7-13-28(26)35/h3-21,30H,1-2H3/b16-15+. The van der Waals surface area contributed by atoms with Gasteiger partial charge in [0.1, 0.15) is 5.70 Å². The third-order valence-electron chi connectivity index (χ3n) is 8.31. The predicted molar refractivity (Wildman–Crippen MR) is 157 cm³/mol. The lowest BCUT2D eigenvalue weighted by Crippen LogP contribution is -2.44. The molecular weight excluding hydrogens is 512 g/mol. The molecule has 0 N–H and O–H groups in total. The number of pyridine rings is 1. The smallest absolute Gasteiger partial charge is 0.355 e. The third kappa shape index (κ3) is 3.47. The number of methoxy groups -OCH3 is 2. The first-order valence-electron chi connectivity index (χ1n) is 13.4. The second-order valence-corrected chi connectivity index (χ2v) is 10.2. The van der Waals surface area contributed by atoms with Gasteiger partial charge < -0.3 is 14.4 Å². The van der Waals surface area contributed by atoms with Gasteiger partial charge in [-0.25, -0.2) is 9.59 Å². The zero-order valence-electron chi connectivity index (χ0n) is 22.6. The zero-order chi connectivity index (χ0) is 28.1. The van der Waals surface area contributed by atoms with Crippen molar-refractivity contribution in [2.24, 2.45) is 0 Å². The van der Waals surface area contributed by atoms with Crippen molar-refractivity contribution in [2.45, 2.75) is 11.5 Å². The van der Waals surface area contributed by atoms with Crippen LogP contribution >= 0.6 is 0 Å². The van der Waals surface area contributed by atoms with Gasteiger partial charge >= 0.3 is 11.9 Å². The summed E-state index contributed by atoms with van der Waals surface area (Å²) in [7, 11) is 2.68. The van der Waals surface area contributed by atoms with Gasteiger partial charge in [-0.15, -0.1) is 0 Å². The van der Waals surface area contributed by atoms with Gasteiger partial charge in [0, 0.05) is 17.8 Å². The molecule has 7 rings (SSSR count). The Labute approximate surface area is 237 Å². The van der Waals surface area contributed by atoms with E-state index in [4.69, 9.17) is 9.47 Å². The molecule has 1 aromatic heterocycles. The van der Waals surface area contributed by atoms with Crippen molar-refractivity contribution in [2.75, 3.05) is 14.2 Å². The van der Waals surface area contributed by atoms with Crippen molar-refractivity contribution in [3.05, 3.63) is 143 Å². The van der Waals surface area contributed by atoms with Crippen LogP contribution in [0.4, 0.5) is 0 Å². The molecule has 1 spiro atoms. The Balaban J connectivity index is 1.46. The maximum absolute atomic E-state index is 13.7. The van der Waals surface area contributed by atoms with E-state index in [-0.39, 0.29) is 11.3 Å². The van der Waals surface area contributed by atoms with Gasteiger partial charge in [-0.1, -0.05) is 85.0 Å². The van der Waals surface area contributed by atoms with Gasteiger partial charge in [-0.05, 0) is 51.6 Å². The first kappa shape index (κ1) is 24.8. The summed E-state index contributed by atoms with van der Waals surface area (Å²) in [5.41, 5.74) is 6.35. The SMILES string of the molecule is COC(=O)C1=C(C(=O)OC)C2(c3ccccc3-c3ccccc32)C2C=C(/C=C/c3ccnc4ccccc34)C=CN12. The van der Waals surface area contributed by atoms with Crippen LogP contribution < -0.4 is 0 Å². The molecule has 1 unspecified atom stereocenters. The third-order valence-corrected chi connectivity index (χ3v) is 8.31. The fourth-order valence-electron chi connectivity index (χ4n) is 6.67. The Bertz CT molecular complexity index is 1830. The normalized spacial score (nSPS) is 18.0. The highest BCUT2D eigenvalue weighted by molar-refractivity contribution is 6.07. The minimum absolute atomic E-state index is 0.187. The van der Waals surface area contributed by atoms with Gasteiger partial charge in [0.2, 0.25) is 0 Å². The van der Waals surface area contributed by atoms with E-state index in [0.717, 1.165) is 44.3 Å². The topological polar surface area (TPSA) is 68.7 Å². The molecule has 0 bridgehead atoms. The molecule has 6 nitrogen and oxygen atoms in total. The summed E-state index contributed by atoms with van der Waals surface area (Å²) in [6.07, 6.45) is 11.9. The number of rotatable bonds is 4. The zero-order valence-corrected chi connectivity index (χ0v) is 22.6. The number of hydrogen-bond acceptors (Lipinski definition) is 6. The molecule has 2 aliphatic heterocycles. The molecule has 0 saturated carbocycles. The number of esters is 2. The number of nitrogens with zero attached hydrogens (tertiary/aromatic N) is 2. The largest absolute Gasteiger partial charge is 0.466 e.